The van der Waals surface area contributed by atoms with Crippen LogP contribution in [0.4, 0.5) is 0 Å². The fourth-order valence-corrected chi connectivity index (χ4v) is 0.959. The first-order valence-electron chi connectivity index (χ1n) is 3.27. The van der Waals surface area contributed by atoms with Gasteiger partial charge in [0.2, 0.25) is 0 Å². The van der Waals surface area contributed by atoms with Gasteiger partial charge in [0.05, 0.1) is 6.07 Å². The molecule has 2 rings (SSSR count). The summed E-state index contributed by atoms with van der Waals surface area (Å²) in [7, 11) is 0. The summed E-state index contributed by atoms with van der Waals surface area (Å²) in [5, 5.41) is 0.895. The molecule has 1 aromatic carbocycles. The fourth-order valence-electron chi connectivity index (χ4n) is 0.959. The molecule has 11 heavy (non-hydrogen) atoms. The lowest BCUT2D eigenvalue weighted by Gasteiger charge is -1.90. The van der Waals surface area contributed by atoms with Crippen molar-refractivity contribution in [1.29, 1.82) is 0 Å². The Morgan fingerprint density at radius 2 is 2.09 bits per heavy atom. The van der Waals surface area contributed by atoms with Crippen LogP contribution in [0.5, 0.6) is 0 Å². The Hall–Kier alpha value is -1.57. The molecule has 0 fully saturated rings. The van der Waals surface area contributed by atoms with Gasteiger partial charge in [-0.2, -0.15) is 0 Å². The molecule has 0 spiro atoms. The maximum Gasteiger partial charge on any atom is 0.344 e. The van der Waals surface area contributed by atoms with Crippen molar-refractivity contribution in [2.24, 2.45) is 0 Å². The smallest absolute Gasteiger partial charge is 0.344 e. The van der Waals surface area contributed by atoms with E-state index in [4.69, 9.17) is 4.42 Å². The summed E-state index contributed by atoms with van der Waals surface area (Å²) in [6.07, 6.45) is 0. The van der Waals surface area contributed by atoms with Crippen molar-refractivity contribution < 1.29 is 4.42 Å². The highest BCUT2D eigenvalue weighted by Gasteiger charge is 1.92. The third kappa shape index (κ3) is 1.03. The lowest BCUT2D eigenvalue weighted by Crippen LogP contribution is -1.94. The minimum atomic E-state index is -0.427. The average Bonchev–Trinajstić information content (AvgIpc) is 2.04. The van der Waals surface area contributed by atoms with E-state index >= 15 is 0 Å². The standard InChI is InChI=1S/C9H5O2/c10-9-6-5-7-3-1-2-4-8(7)11-9/h1-5H. The van der Waals surface area contributed by atoms with E-state index in [0.717, 1.165) is 5.39 Å². The van der Waals surface area contributed by atoms with Crippen molar-refractivity contribution in [3.8, 4) is 0 Å². The largest absolute Gasteiger partial charge is 0.422 e. The minimum absolute atomic E-state index is 0.427. The van der Waals surface area contributed by atoms with Crippen LogP contribution in [0.15, 0.2) is 39.5 Å². The summed E-state index contributed by atoms with van der Waals surface area (Å²) < 4.78 is 4.85. The van der Waals surface area contributed by atoms with Gasteiger partial charge in [0.1, 0.15) is 5.58 Å². The van der Waals surface area contributed by atoms with Crippen molar-refractivity contribution in [2.75, 3.05) is 0 Å². The summed E-state index contributed by atoms with van der Waals surface area (Å²) in [5.74, 6) is 0. The molecule has 0 amide bonds. The topological polar surface area (TPSA) is 30.2 Å². The second-order valence-corrected chi connectivity index (χ2v) is 2.22. The first-order valence-corrected chi connectivity index (χ1v) is 3.27. The summed E-state index contributed by atoms with van der Waals surface area (Å²) in [6, 6.07) is 11.4. The second kappa shape index (κ2) is 2.23. The fraction of sp³-hybridized carbons (Fsp3) is 0. The zero-order valence-corrected chi connectivity index (χ0v) is 5.70. The van der Waals surface area contributed by atoms with Crippen molar-refractivity contribution in [2.45, 2.75) is 0 Å². The lowest BCUT2D eigenvalue weighted by molar-refractivity contribution is 0.559. The predicted molar refractivity (Wildman–Crippen MR) is 41.3 cm³/mol. The van der Waals surface area contributed by atoms with Gasteiger partial charge in [0.25, 0.3) is 0 Å². The monoisotopic (exact) mass is 145 g/mol. The van der Waals surface area contributed by atoms with Gasteiger partial charge in [0.15, 0.2) is 0 Å². The molecule has 0 atom stereocenters. The Bertz CT molecular complexity index is 429. The molecule has 0 unspecified atom stereocenters. The zero-order chi connectivity index (χ0) is 7.68. The predicted octanol–water partition coefficient (Wildman–Crippen LogP) is 1.59. The molecule has 1 aromatic heterocycles. The van der Waals surface area contributed by atoms with Crippen LogP contribution < -0.4 is 5.63 Å². The molecule has 2 heteroatoms. The molecule has 1 heterocycles. The van der Waals surface area contributed by atoms with Gasteiger partial charge in [-0.3, -0.25) is 0 Å². The Morgan fingerprint density at radius 3 is 3.00 bits per heavy atom. The van der Waals surface area contributed by atoms with E-state index < -0.39 is 5.63 Å². The lowest BCUT2D eigenvalue weighted by atomic mass is 10.2. The Balaban J connectivity index is 2.94. The quantitative estimate of drug-likeness (QED) is 0.527. The average molecular weight is 145 g/mol. The Labute approximate surface area is 63.1 Å². The molecule has 0 saturated heterocycles. The van der Waals surface area contributed by atoms with Gasteiger partial charge in [-0.05, 0) is 12.1 Å². The van der Waals surface area contributed by atoms with Gasteiger partial charge in [0, 0.05) is 5.39 Å². The van der Waals surface area contributed by atoms with E-state index in [0.29, 0.717) is 5.58 Å². The van der Waals surface area contributed by atoms with Crippen molar-refractivity contribution in [3.63, 3.8) is 0 Å². The van der Waals surface area contributed by atoms with E-state index in [1.54, 1.807) is 12.1 Å². The molecular formula is C9H5O2. The molecule has 0 N–H and O–H groups in total. The number of hydrogen-bond donors (Lipinski definition) is 0. The highest BCUT2D eigenvalue weighted by molar-refractivity contribution is 5.75. The maximum atomic E-state index is 10.7. The van der Waals surface area contributed by atoms with E-state index in [-0.39, 0.29) is 0 Å². The molecule has 0 aliphatic heterocycles. The first-order chi connectivity index (χ1) is 5.36. The molecule has 0 aliphatic rings. The van der Waals surface area contributed by atoms with Gasteiger partial charge < -0.3 is 4.42 Å². The zero-order valence-electron chi connectivity index (χ0n) is 5.70. The molecular weight excluding hydrogens is 140 g/mol. The highest BCUT2D eigenvalue weighted by Crippen LogP contribution is 2.08. The van der Waals surface area contributed by atoms with E-state index in [1.165, 1.54) is 0 Å². The van der Waals surface area contributed by atoms with E-state index in [9.17, 15) is 4.79 Å². The van der Waals surface area contributed by atoms with Gasteiger partial charge in [-0.15, -0.1) is 0 Å². The normalized spacial score (nSPS) is 10.2. The molecule has 0 saturated carbocycles. The van der Waals surface area contributed by atoms with Crippen LogP contribution in [0.1, 0.15) is 0 Å². The van der Waals surface area contributed by atoms with Crippen molar-refractivity contribution >= 4 is 11.0 Å². The van der Waals surface area contributed by atoms with Crippen LogP contribution in [-0.4, -0.2) is 0 Å². The van der Waals surface area contributed by atoms with Crippen molar-refractivity contribution in [3.05, 3.63) is 46.8 Å². The first kappa shape index (κ1) is 6.16. The number of benzene rings is 1. The van der Waals surface area contributed by atoms with Crippen molar-refractivity contribution in [1.82, 2.24) is 0 Å². The Morgan fingerprint density at radius 1 is 1.27 bits per heavy atom. The molecule has 1 radical (unpaired) electrons. The Kier molecular flexibility index (Phi) is 1.25. The van der Waals surface area contributed by atoms with Crippen LogP contribution in [0.3, 0.4) is 0 Å². The minimum Gasteiger partial charge on any atom is -0.422 e. The van der Waals surface area contributed by atoms with Crippen LogP contribution >= 0.6 is 0 Å². The second-order valence-electron chi connectivity index (χ2n) is 2.22. The summed E-state index contributed by atoms with van der Waals surface area (Å²) in [4.78, 5) is 10.7. The highest BCUT2D eigenvalue weighted by atomic mass is 16.4. The molecule has 2 aromatic rings. The van der Waals surface area contributed by atoms with Gasteiger partial charge in [-0.1, -0.05) is 18.2 Å². The molecule has 0 aliphatic carbocycles. The SMILES string of the molecule is O=c1[c]cc2ccccc2o1. The van der Waals surface area contributed by atoms with Crippen LogP contribution in [-0.2, 0) is 0 Å². The molecule has 53 valence electrons. The van der Waals surface area contributed by atoms with Crippen LogP contribution in [0, 0.1) is 6.07 Å². The van der Waals surface area contributed by atoms with Gasteiger partial charge >= 0.3 is 5.63 Å². The number of fused-ring (bicyclic) bond motifs is 1. The van der Waals surface area contributed by atoms with Crippen LogP contribution in [0.2, 0.25) is 0 Å². The summed E-state index contributed by atoms with van der Waals surface area (Å²) >= 11 is 0. The summed E-state index contributed by atoms with van der Waals surface area (Å²) in [6.45, 7) is 0. The third-order valence-corrected chi connectivity index (χ3v) is 1.47. The number of para-hydroxylation sites is 1. The number of rotatable bonds is 0. The maximum absolute atomic E-state index is 10.7. The van der Waals surface area contributed by atoms with E-state index in [2.05, 4.69) is 6.07 Å². The molecule has 2 nitrogen and oxygen atoms in total. The number of hydrogen-bond acceptors (Lipinski definition) is 2. The van der Waals surface area contributed by atoms with Gasteiger partial charge in [-0.25, -0.2) is 4.79 Å². The molecule has 0 bridgehead atoms. The third-order valence-electron chi connectivity index (χ3n) is 1.47. The van der Waals surface area contributed by atoms with Crippen LogP contribution in [0.25, 0.3) is 11.0 Å². The van der Waals surface area contributed by atoms with E-state index in [1.807, 2.05) is 18.2 Å². The summed E-state index contributed by atoms with van der Waals surface area (Å²) in [5.41, 5.74) is 0.181.